The van der Waals surface area contributed by atoms with Gasteiger partial charge in [0, 0.05) is 12.0 Å². The Morgan fingerprint density at radius 3 is 2.78 bits per heavy atom. The van der Waals surface area contributed by atoms with Crippen molar-refractivity contribution >= 4 is 23.2 Å². The average molecular weight is 331 g/mol. The number of aryl methyl sites for hydroxylation is 2. The number of thiophene rings is 1. The van der Waals surface area contributed by atoms with Crippen LogP contribution in [-0.4, -0.2) is 36.7 Å². The summed E-state index contributed by atoms with van der Waals surface area (Å²) in [5.74, 6) is -1.35. The fourth-order valence-corrected chi connectivity index (χ4v) is 3.91. The van der Waals surface area contributed by atoms with E-state index in [1.807, 2.05) is 18.2 Å². The van der Waals surface area contributed by atoms with Crippen LogP contribution in [0.1, 0.15) is 20.8 Å². The summed E-state index contributed by atoms with van der Waals surface area (Å²) >= 11 is 1.45. The summed E-state index contributed by atoms with van der Waals surface area (Å²) < 4.78 is 4.81. The molecule has 0 radical (unpaired) electrons. The number of rotatable bonds is 5. The maximum Gasteiger partial charge on any atom is 0.334 e. The molecule has 0 spiro atoms. The third-order valence-electron chi connectivity index (χ3n) is 3.97. The van der Waals surface area contributed by atoms with Crippen molar-refractivity contribution in [3.8, 4) is 10.4 Å². The Hall–Kier alpha value is -2.18. The Balaban J connectivity index is 1.77. The zero-order chi connectivity index (χ0) is 16.4. The summed E-state index contributed by atoms with van der Waals surface area (Å²) in [6.07, 6.45) is 0.867. The molecule has 0 aliphatic heterocycles. The van der Waals surface area contributed by atoms with Crippen LogP contribution in [0.2, 0.25) is 0 Å². The highest BCUT2D eigenvalue weighted by Crippen LogP contribution is 2.39. The number of hydrogen-bond donors (Lipinski definition) is 2. The number of carboxylic acid groups (broad SMARTS) is 1. The van der Waals surface area contributed by atoms with Crippen molar-refractivity contribution in [1.82, 2.24) is 5.32 Å². The summed E-state index contributed by atoms with van der Waals surface area (Å²) in [6.45, 7) is -0.0518. The molecular formula is C17H17NO4S. The number of carboxylic acids is 1. The third-order valence-corrected chi connectivity index (χ3v) is 5.18. The van der Waals surface area contributed by atoms with E-state index in [1.165, 1.54) is 35.1 Å². The number of aliphatic carboxylic acids is 1. The molecule has 3 rings (SSSR count). The number of carbonyl (C=O) groups excluding carboxylic acids is 1. The van der Waals surface area contributed by atoms with Crippen molar-refractivity contribution in [2.45, 2.75) is 18.9 Å². The van der Waals surface area contributed by atoms with Gasteiger partial charge < -0.3 is 15.2 Å². The number of carbonyl (C=O) groups is 2. The van der Waals surface area contributed by atoms with Crippen LogP contribution in [0.5, 0.6) is 0 Å². The van der Waals surface area contributed by atoms with Crippen LogP contribution in [0.15, 0.2) is 30.3 Å². The smallest absolute Gasteiger partial charge is 0.334 e. The van der Waals surface area contributed by atoms with Crippen LogP contribution in [0, 0.1) is 0 Å². The van der Waals surface area contributed by atoms with Crippen molar-refractivity contribution in [2.75, 3.05) is 13.7 Å². The van der Waals surface area contributed by atoms with Crippen molar-refractivity contribution in [2.24, 2.45) is 0 Å². The second kappa shape index (κ2) is 6.52. The van der Waals surface area contributed by atoms with Crippen LogP contribution in [0.4, 0.5) is 0 Å². The van der Waals surface area contributed by atoms with Crippen molar-refractivity contribution in [3.63, 3.8) is 0 Å². The zero-order valence-electron chi connectivity index (χ0n) is 12.7. The van der Waals surface area contributed by atoms with Crippen LogP contribution in [-0.2, 0) is 22.4 Å². The highest BCUT2D eigenvalue weighted by atomic mass is 32.1. The first-order chi connectivity index (χ1) is 11.1. The van der Waals surface area contributed by atoms with Gasteiger partial charge in [0.1, 0.15) is 0 Å². The zero-order valence-corrected chi connectivity index (χ0v) is 13.5. The minimum absolute atomic E-state index is 0.0518. The monoisotopic (exact) mass is 331 g/mol. The van der Waals surface area contributed by atoms with Gasteiger partial charge in [-0.1, -0.05) is 24.3 Å². The summed E-state index contributed by atoms with van der Waals surface area (Å²) in [5.41, 5.74) is 3.68. The second-order valence-electron chi connectivity index (χ2n) is 5.39. The fourth-order valence-electron chi connectivity index (χ4n) is 2.73. The van der Waals surface area contributed by atoms with Crippen LogP contribution in [0.25, 0.3) is 10.4 Å². The summed E-state index contributed by atoms with van der Waals surface area (Å²) in [4.78, 5) is 24.9. The minimum Gasteiger partial charge on any atom is -0.479 e. The summed E-state index contributed by atoms with van der Waals surface area (Å²) in [7, 11) is 1.31. The van der Waals surface area contributed by atoms with E-state index in [2.05, 4.69) is 17.4 Å². The van der Waals surface area contributed by atoms with E-state index in [1.54, 1.807) is 0 Å². The first-order valence-corrected chi connectivity index (χ1v) is 8.16. The Bertz CT molecular complexity index is 753. The predicted octanol–water partition coefficient (Wildman–Crippen LogP) is 2.34. The molecule has 0 saturated heterocycles. The van der Waals surface area contributed by atoms with Gasteiger partial charge in [0.25, 0.3) is 5.91 Å². The van der Waals surface area contributed by atoms with Crippen molar-refractivity contribution in [3.05, 3.63) is 46.3 Å². The number of methoxy groups -OCH3 is 1. The molecule has 2 aromatic rings. The van der Waals surface area contributed by atoms with E-state index in [4.69, 9.17) is 9.84 Å². The largest absolute Gasteiger partial charge is 0.479 e. The lowest BCUT2D eigenvalue weighted by molar-refractivity contribution is -0.148. The molecule has 1 aromatic carbocycles. The lowest BCUT2D eigenvalue weighted by Gasteiger charge is -2.15. The van der Waals surface area contributed by atoms with Crippen molar-refractivity contribution < 1.29 is 19.4 Å². The Morgan fingerprint density at radius 2 is 2.04 bits per heavy atom. The van der Waals surface area contributed by atoms with Gasteiger partial charge in [-0.2, -0.15) is 0 Å². The molecule has 1 atom stereocenters. The molecule has 6 heteroatoms. The number of amides is 1. The molecule has 23 heavy (non-hydrogen) atoms. The van der Waals surface area contributed by atoms with Gasteiger partial charge in [0.05, 0.1) is 11.4 Å². The van der Waals surface area contributed by atoms with Crippen LogP contribution in [0.3, 0.4) is 0 Å². The minimum atomic E-state index is -1.09. The molecular weight excluding hydrogens is 314 g/mol. The molecule has 120 valence electrons. The molecule has 1 unspecified atom stereocenters. The molecule has 0 bridgehead atoms. The van der Waals surface area contributed by atoms with Crippen LogP contribution >= 0.6 is 11.3 Å². The molecule has 0 saturated carbocycles. The number of ether oxygens (including phenoxy) is 1. The van der Waals surface area contributed by atoms with E-state index < -0.39 is 12.1 Å². The number of fused-ring (bicyclic) bond motifs is 3. The highest BCUT2D eigenvalue weighted by Gasteiger charge is 2.22. The van der Waals surface area contributed by atoms with E-state index in [0.717, 1.165) is 17.7 Å². The number of nitrogens with one attached hydrogen (secondary N) is 1. The lowest BCUT2D eigenvalue weighted by atomic mass is 9.91. The van der Waals surface area contributed by atoms with E-state index in [-0.39, 0.29) is 12.5 Å². The highest BCUT2D eigenvalue weighted by molar-refractivity contribution is 7.17. The normalized spacial score (nSPS) is 13.8. The molecule has 1 heterocycles. The average Bonchev–Trinajstić information content (AvgIpc) is 2.99. The molecule has 1 aliphatic carbocycles. The summed E-state index contributed by atoms with van der Waals surface area (Å²) in [5, 5.41) is 11.6. The molecule has 1 aliphatic rings. The maximum absolute atomic E-state index is 12.3. The van der Waals surface area contributed by atoms with Gasteiger partial charge in [0.15, 0.2) is 6.10 Å². The third kappa shape index (κ3) is 3.13. The fraction of sp³-hybridized carbons (Fsp3) is 0.294. The Kier molecular flexibility index (Phi) is 4.45. The Labute approximate surface area is 137 Å². The number of benzene rings is 1. The summed E-state index contributed by atoms with van der Waals surface area (Å²) in [6, 6.07) is 10.1. The maximum atomic E-state index is 12.3. The second-order valence-corrected chi connectivity index (χ2v) is 6.45. The molecule has 1 aromatic heterocycles. The van der Waals surface area contributed by atoms with Gasteiger partial charge in [-0.25, -0.2) is 4.79 Å². The van der Waals surface area contributed by atoms with Crippen molar-refractivity contribution in [1.29, 1.82) is 0 Å². The predicted molar refractivity (Wildman–Crippen MR) is 87.9 cm³/mol. The van der Waals surface area contributed by atoms with E-state index >= 15 is 0 Å². The SMILES string of the molecule is COC(CNC(=O)c1cc2c(s1)-c1ccccc1CC2)C(=O)O. The van der Waals surface area contributed by atoms with Gasteiger partial charge in [-0.05, 0) is 35.6 Å². The van der Waals surface area contributed by atoms with Gasteiger partial charge in [-0.15, -0.1) is 11.3 Å². The standard InChI is InChI=1S/C17H17NO4S/c1-22-13(17(20)21)9-18-16(19)14-8-11-7-6-10-4-2-3-5-12(10)15(11)23-14/h2-5,8,13H,6-7,9H2,1H3,(H,18,19)(H,20,21). The quantitative estimate of drug-likeness (QED) is 0.882. The molecule has 5 nitrogen and oxygen atoms in total. The first-order valence-electron chi connectivity index (χ1n) is 7.35. The van der Waals surface area contributed by atoms with Gasteiger partial charge >= 0.3 is 5.97 Å². The molecule has 0 fully saturated rings. The van der Waals surface area contributed by atoms with Gasteiger partial charge in [0.2, 0.25) is 0 Å². The van der Waals surface area contributed by atoms with E-state index in [9.17, 15) is 9.59 Å². The van der Waals surface area contributed by atoms with Gasteiger partial charge in [-0.3, -0.25) is 4.79 Å². The van der Waals surface area contributed by atoms with E-state index in [0.29, 0.717) is 4.88 Å². The molecule has 1 amide bonds. The van der Waals surface area contributed by atoms with Crippen LogP contribution < -0.4 is 5.32 Å². The Morgan fingerprint density at radius 1 is 1.30 bits per heavy atom. The number of hydrogen-bond acceptors (Lipinski definition) is 4. The topological polar surface area (TPSA) is 75.6 Å². The first kappa shape index (κ1) is 15.7. The molecule has 2 N–H and O–H groups in total. The lowest BCUT2D eigenvalue weighted by Crippen LogP contribution is -2.37.